The summed E-state index contributed by atoms with van der Waals surface area (Å²) in [4.78, 5) is 22.2. The summed E-state index contributed by atoms with van der Waals surface area (Å²) < 4.78 is 1.85. The highest BCUT2D eigenvalue weighted by atomic mass is 35.5. The molecule has 0 radical (unpaired) electrons. The van der Waals surface area contributed by atoms with Gasteiger partial charge in [0.2, 0.25) is 0 Å². The number of thiophene rings is 1. The minimum atomic E-state index is -0.195. The van der Waals surface area contributed by atoms with Crippen LogP contribution in [0, 0.1) is 6.92 Å². The summed E-state index contributed by atoms with van der Waals surface area (Å²) in [7, 11) is 0. The number of H-pyrrole nitrogens is 1. The Morgan fingerprint density at radius 1 is 1.12 bits per heavy atom. The first-order valence-electron chi connectivity index (χ1n) is 10.1. The van der Waals surface area contributed by atoms with Crippen LogP contribution in [0.4, 0.5) is 0 Å². The molecular weight excluding hydrogens is 440 g/mol. The molecule has 0 spiro atoms. The summed E-state index contributed by atoms with van der Waals surface area (Å²) in [6, 6.07) is 20.0. The lowest BCUT2D eigenvalue weighted by Crippen LogP contribution is -2.10. The zero-order valence-electron chi connectivity index (χ0n) is 17.2. The number of aromatic amines is 1. The summed E-state index contributed by atoms with van der Waals surface area (Å²) in [5.74, 6) is 0.348. The maximum absolute atomic E-state index is 13.0. The molecule has 0 bridgehead atoms. The van der Waals surface area contributed by atoms with Crippen LogP contribution < -0.4 is 5.56 Å². The molecule has 0 unspecified atom stereocenters. The van der Waals surface area contributed by atoms with Crippen LogP contribution in [0.2, 0.25) is 0 Å². The van der Waals surface area contributed by atoms with E-state index in [0.717, 1.165) is 27.1 Å². The van der Waals surface area contributed by atoms with Crippen LogP contribution in [0.1, 0.15) is 21.8 Å². The number of benzene rings is 2. The predicted molar refractivity (Wildman–Crippen MR) is 132 cm³/mol. The molecule has 0 aliphatic rings. The second-order valence-electron chi connectivity index (χ2n) is 7.44. The second kappa shape index (κ2) is 8.57. The SMILES string of the molecule is Cc1sc2nc(/C(Cl)=C/c3cnn(Cc4ccccc4)c3)[nH]c(=O)c2c1-c1ccccc1. The molecule has 0 saturated heterocycles. The van der Waals surface area contributed by atoms with E-state index in [-0.39, 0.29) is 5.56 Å². The standard InChI is InChI=1S/C25H19ClN4OS/c1-16-21(19-10-6-3-7-11-19)22-24(31)28-23(29-25(22)32-16)20(26)12-18-13-27-30(15-18)14-17-8-4-2-5-9-17/h2-13,15H,14H2,1H3,(H,28,29,31)/b20-12-. The van der Waals surface area contributed by atoms with E-state index in [1.807, 2.05) is 66.3 Å². The van der Waals surface area contributed by atoms with E-state index in [1.165, 1.54) is 11.3 Å². The molecule has 7 heteroatoms. The first-order chi connectivity index (χ1) is 15.6. The van der Waals surface area contributed by atoms with E-state index in [4.69, 9.17) is 11.6 Å². The van der Waals surface area contributed by atoms with Crippen molar-refractivity contribution in [2.45, 2.75) is 13.5 Å². The summed E-state index contributed by atoms with van der Waals surface area (Å²) in [6.07, 6.45) is 5.41. The zero-order chi connectivity index (χ0) is 22.1. The molecule has 32 heavy (non-hydrogen) atoms. The lowest BCUT2D eigenvalue weighted by Gasteiger charge is -2.02. The van der Waals surface area contributed by atoms with Gasteiger partial charge in [-0.05, 0) is 24.1 Å². The number of halogens is 1. The number of nitrogens with one attached hydrogen (secondary N) is 1. The molecule has 5 rings (SSSR count). The van der Waals surface area contributed by atoms with Gasteiger partial charge in [0.05, 0.1) is 23.2 Å². The maximum atomic E-state index is 13.0. The number of aromatic nitrogens is 4. The van der Waals surface area contributed by atoms with Crippen LogP contribution >= 0.6 is 22.9 Å². The molecule has 0 fully saturated rings. The number of nitrogens with zero attached hydrogens (tertiary/aromatic N) is 3. The van der Waals surface area contributed by atoms with Crippen molar-refractivity contribution in [3.8, 4) is 11.1 Å². The molecule has 0 amide bonds. The van der Waals surface area contributed by atoms with Crippen molar-refractivity contribution in [1.29, 1.82) is 0 Å². The van der Waals surface area contributed by atoms with Crippen molar-refractivity contribution in [1.82, 2.24) is 19.7 Å². The average Bonchev–Trinajstić information content (AvgIpc) is 3.38. The van der Waals surface area contributed by atoms with Gasteiger partial charge in [-0.1, -0.05) is 72.3 Å². The van der Waals surface area contributed by atoms with Crippen molar-refractivity contribution in [3.63, 3.8) is 0 Å². The fourth-order valence-electron chi connectivity index (χ4n) is 3.71. The third-order valence-electron chi connectivity index (χ3n) is 5.16. The second-order valence-corrected chi connectivity index (χ2v) is 9.05. The molecule has 2 aromatic carbocycles. The van der Waals surface area contributed by atoms with Gasteiger partial charge < -0.3 is 4.98 Å². The first kappa shape index (κ1) is 20.4. The van der Waals surface area contributed by atoms with Crippen molar-refractivity contribution in [2.24, 2.45) is 0 Å². The van der Waals surface area contributed by atoms with Crippen LogP contribution in [-0.2, 0) is 6.54 Å². The highest BCUT2D eigenvalue weighted by Crippen LogP contribution is 2.36. The summed E-state index contributed by atoms with van der Waals surface area (Å²) >= 11 is 8.04. The lowest BCUT2D eigenvalue weighted by atomic mass is 10.0. The van der Waals surface area contributed by atoms with E-state index >= 15 is 0 Å². The Hall–Kier alpha value is -3.48. The van der Waals surface area contributed by atoms with Gasteiger partial charge in [-0.15, -0.1) is 11.3 Å². The molecule has 5 aromatic rings. The van der Waals surface area contributed by atoms with Gasteiger partial charge in [-0.25, -0.2) is 4.98 Å². The summed E-state index contributed by atoms with van der Waals surface area (Å²) in [5.41, 5.74) is 3.73. The fourth-order valence-corrected chi connectivity index (χ4v) is 4.97. The zero-order valence-corrected chi connectivity index (χ0v) is 18.8. The van der Waals surface area contributed by atoms with E-state index < -0.39 is 0 Å². The van der Waals surface area contributed by atoms with E-state index in [0.29, 0.717) is 27.6 Å². The molecule has 3 aromatic heterocycles. The highest BCUT2D eigenvalue weighted by Gasteiger charge is 2.17. The van der Waals surface area contributed by atoms with E-state index in [2.05, 4.69) is 27.2 Å². The monoisotopic (exact) mass is 458 g/mol. The Bertz CT molecular complexity index is 1480. The number of rotatable bonds is 5. The quantitative estimate of drug-likeness (QED) is 0.354. The van der Waals surface area contributed by atoms with Gasteiger partial charge in [0.15, 0.2) is 5.82 Å². The minimum Gasteiger partial charge on any atom is -0.305 e. The van der Waals surface area contributed by atoms with Crippen LogP contribution in [0.3, 0.4) is 0 Å². The number of aryl methyl sites for hydroxylation is 1. The first-order valence-corrected chi connectivity index (χ1v) is 11.3. The van der Waals surface area contributed by atoms with Gasteiger partial charge in [-0.3, -0.25) is 9.48 Å². The molecule has 5 nitrogen and oxygen atoms in total. The average molecular weight is 459 g/mol. The van der Waals surface area contributed by atoms with Gasteiger partial charge in [0.25, 0.3) is 5.56 Å². The maximum Gasteiger partial charge on any atom is 0.260 e. The molecule has 1 N–H and O–H groups in total. The number of fused-ring (bicyclic) bond motifs is 1. The van der Waals surface area contributed by atoms with Crippen LogP contribution in [-0.4, -0.2) is 19.7 Å². The van der Waals surface area contributed by atoms with Crippen molar-refractivity contribution < 1.29 is 0 Å². The van der Waals surface area contributed by atoms with Gasteiger partial charge in [0, 0.05) is 22.2 Å². The van der Waals surface area contributed by atoms with E-state index in [1.54, 1.807) is 12.3 Å². The molecule has 158 valence electrons. The number of hydrogen-bond donors (Lipinski definition) is 1. The Morgan fingerprint density at radius 2 is 1.84 bits per heavy atom. The summed E-state index contributed by atoms with van der Waals surface area (Å²) in [5, 5.41) is 5.35. The summed E-state index contributed by atoms with van der Waals surface area (Å²) in [6.45, 7) is 2.68. The Labute approximate surface area is 193 Å². The van der Waals surface area contributed by atoms with Crippen LogP contribution in [0.15, 0.2) is 77.9 Å². The Morgan fingerprint density at radius 3 is 2.59 bits per heavy atom. The Balaban J connectivity index is 1.47. The molecule has 3 heterocycles. The fraction of sp³-hybridized carbons (Fsp3) is 0.0800. The minimum absolute atomic E-state index is 0.195. The third kappa shape index (κ3) is 4.02. The largest absolute Gasteiger partial charge is 0.305 e. The van der Waals surface area contributed by atoms with Crippen molar-refractivity contribution in [3.05, 3.63) is 105 Å². The van der Waals surface area contributed by atoms with Gasteiger partial charge >= 0.3 is 0 Å². The van der Waals surface area contributed by atoms with Crippen LogP contribution in [0.25, 0.3) is 32.5 Å². The van der Waals surface area contributed by atoms with Gasteiger partial charge in [0.1, 0.15) is 4.83 Å². The predicted octanol–water partition coefficient (Wildman–Crippen LogP) is 5.94. The van der Waals surface area contributed by atoms with Gasteiger partial charge in [-0.2, -0.15) is 5.10 Å². The lowest BCUT2D eigenvalue weighted by molar-refractivity contribution is 0.687. The molecule has 0 aliphatic heterocycles. The molecule has 0 saturated carbocycles. The number of hydrogen-bond acceptors (Lipinski definition) is 4. The Kier molecular flexibility index (Phi) is 5.47. The van der Waals surface area contributed by atoms with E-state index in [9.17, 15) is 4.79 Å². The van der Waals surface area contributed by atoms with Crippen LogP contribution in [0.5, 0.6) is 0 Å². The molecular formula is C25H19ClN4OS. The molecule has 0 atom stereocenters. The topological polar surface area (TPSA) is 63.6 Å². The smallest absolute Gasteiger partial charge is 0.260 e. The molecule has 0 aliphatic carbocycles. The van der Waals surface area contributed by atoms with Crippen molar-refractivity contribution in [2.75, 3.05) is 0 Å². The third-order valence-corrected chi connectivity index (χ3v) is 6.45. The van der Waals surface area contributed by atoms with Crippen molar-refractivity contribution >= 4 is 44.3 Å². The highest BCUT2D eigenvalue weighted by molar-refractivity contribution is 7.19. The normalized spacial score (nSPS) is 11.9.